The van der Waals surface area contributed by atoms with Gasteiger partial charge in [-0.05, 0) is 55.0 Å². The number of hydrogen-bond donors (Lipinski definition) is 4. The summed E-state index contributed by atoms with van der Waals surface area (Å²) in [5, 5.41) is 7.25. The van der Waals surface area contributed by atoms with Crippen molar-refractivity contribution in [3.05, 3.63) is 35.6 Å². The second-order valence-corrected chi connectivity index (χ2v) is 5.83. The number of hydrazine groups is 1. The minimum Gasteiger partial charge on any atom is -0.359 e. The van der Waals surface area contributed by atoms with E-state index in [-0.39, 0.29) is 5.82 Å². The van der Waals surface area contributed by atoms with Gasteiger partial charge in [-0.25, -0.2) is 4.39 Å². The summed E-state index contributed by atoms with van der Waals surface area (Å²) in [6, 6.07) is 6.74. The van der Waals surface area contributed by atoms with Gasteiger partial charge in [0.15, 0.2) is 10.2 Å². The van der Waals surface area contributed by atoms with Gasteiger partial charge in [0.2, 0.25) is 0 Å². The lowest BCUT2D eigenvalue weighted by Gasteiger charge is -2.17. The quantitative estimate of drug-likeness (QED) is 0.504. The van der Waals surface area contributed by atoms with Crippen LogP contribution in [0.2, 0.25) is 0 Å². The van der Waals surface area contributed by atoms with Crippen LogP contribution in [-0.4, -0.2) is 16.3 Å². The van der Waals surface area contributed by atoms with Crippen LogP contribution in [0.15, 0.2) is 24.3 Å². The summed E-state index contributed by atoms with van der Waals surface area (Å²) in [4.78, 5) is 0. The molecule has 4 N–H and O–H groups in total. The third kappa shape index (κ3) is 5.81. The number of benzene rings is 1. The molecule has 0 heterocycles. The molecule has 0 radical (unpaired) electrons. The van der Waals surface area contributed by atoms with Gasteiger partial charge in [-0.1, -0.05) is 25.0 Å². The Hall–Kier alpha value is -1.47. The molecule has 2 rings (SSSR count). The fourth-order valence-corrected chi connectivity index (χ4v) is 2.57. The zero-order valence-corrected chi connectivity index (χ0v) is 13.2. The van der Waals surface area contributed by atoms with Gasteiger partial charge in [0.05, 0.1) is 0 Å². The van der Waals surface area contributed by atoms with Crippen LogP contribution in [0.25, 0.3) is 0 Å². The fourth-order valence-electron chi connectivity index (χ4n) is 2.23. The number of halogens is 1. The Morgan fingerprint density at radius 2 is 1.67 bits per heavy atom. The predicted molar refractivity (Wildman–Crippen MR) is 90.1 cm³/mol. The molecule has 1 aromatic carbocycles. The van der Waals surface area contributed by atoms with Crippen molar-refractivity contribution < 1.29 is 4.39 Å². The smallest absolute Gasteiger partial charge is 0.185 e. The van der Waals surface area contributed by atoms with Crippen LogP contribution in [0.4, 0.5) is 4.39 Å². The van der Waals surface area contributed by atoms with Gasteiger partial charge >= 0.3 is 0 Å². The van der Waals surface area contributed by atoms with Crippen LogP contribution < -0.4 is 21.5 Å². The lowest BCUT2D eigenvalue weighted by atomic mass is 10.2. The number of nitrogens with one attached hydrogen (secondary N) is 4. The van der Waals surface area contributed by atoms with Gasteiger partial charge in [0.1, 0.15) is 5.82 Å². The summed E-state index contributed by atoms with van der Waals surface area (Å²) < 4.78 is 12.8. The molecule has 0 aromatic heterocycles. The van der Waals surface area contributed by atoms with Crippen molar-refractivity contribution in [3.8, 4) is 0 Å². The molecule has 0 spiro atoms. The lowest BCUT2D eigenvalue weighted by molar-refractivity contribution is 0.616. The number of thiocarbonyl (C=S) groups is 2. The Morgan fingerprint density at radius 3 is 2.33 bits per heavy atom. The Kier molecular flexibility index (Phi) is 6.13. The molecular weight excluding hydrogens is 307 g/mol. The Morgan fingerprint density at radius 1 is 1.05 bits per heavy atom. The van der Waals surface area contributed by atoms with E-state index in [0.717, 1.165) is 18.4 Å². The van der Waals surface area contributed by atoms with Crippen molar-refractivity contribution in [1.82, 2.24) is 21.5 Å². The van der Waals surface area contributed by atoms with Gasteiger partial charge < -0.3 is 10.6 Å². The van der Waals surface area contributed by atoms with Crippen molar-refractivity contribution in [2.24, 2.45) is 0 Å². The van der Waals surface area contributed by atoms with E-state index in [4.69, 9.17) is 24.4 Å². The molecule has 0 saturated heterocycles. The first-order valence-electron chi connectivity index (χ1n) is 6.98. The highest BCUT2D eigenvalue weighted by Crippen LogP contribution is 2.17. The maximum absolute atomic E-state index is 12.8. The minimum atomic E-state index is -0.246. The molecule has 0 amide bonds. The van der Waals surface area contributed by atoms with Crippen molar-refractivity contribution in [2.45, 2.75) is 38.3 Å². The summed E-state index contributed by atoms with van der Waals surface area (Å²) in [6.07, 6.45) is 4.83. The third-order valence-electron chi connectivity index (χ3n) is 3.35. The Balaban J connectivity index is 1.62. The molecule has 7 heteroatoms. The summed E-state index contributed by atoms with van der Waals surface area (Å²) in [6.45, 7) is 0.524. The molecule has 0 bridgehead atoms. The highest BCUT2D eigenvalue weighted by molar-refractivity contribution is 7.80. The molecule has 0 unspecified atom stereocenters. The van der Waals surface area contributed by atoms with Crippen molar-refractivity contribution >= 4 is 34.7 Å². The van der Waals surface area contributed by atoms with E-state index in [1.807, 2.05) is 0 Å². The SMILES string of the molecule is Fc1ccc(CNC(=S)NNC(=S)NC2CCCC2)cc1. The maximum Gasteiger partial charge on any atom is 0.185 e. The zero-order valence-electron chi connectivity index (χ0n) is 11.6. The van der Waals surface area contributed by atoms with E-state index in [9.17, 15) is 4.39 Å². The molecular formula is C14H19FN4S2. The average molecular weight is 326 g/mol. The van der Waals surface area contributed by atoms with Crippen molar-refractivity contribution in [1.29, 1.82) is 0 Å². The minimum absolute atomic E-state index is 0.246. The average Bonchev–Trinajstić information content (AvgIpc) is 2.97. The summed E-state index contributed by atoms with van der Waals surface area (Å²) >= 11 is 10.3. The highest BCUT2D eigenvalue weighted by atomic mass is 32.1. The third-order valence-corrected chi connectivity index (χ3v) is 3.81. The maximum atomic E-state index is 12.8. The molecule has 0 atom stereocenters. The van der Waals surface area contributed by atoms with Crippen LogP contribution in [0.5, 0.6) is 0 Å². The molecule has 1 aliphatic carbocycles. The van der Waals surface area contributed by atoms with Crippen molar-refractivity contribution in [2.75, 3.05) is 0 Å². The van der Waals surface area contributed by atoms with E-state index in [1.54, 1.807) is 12.1 Å². The van der Waals surface area contributed by atoms with E-state index >= 15 is 0 Å². The molecule has 1 fully saturated rings. The largest absolute Gasteiger partial charge is 0.359 e. The van der Waals surface area contributed by atoms with Crippen LogP contribution in [0, 0.1) is 5.82 Å². The second-order valence-electron chi connectivity index (χ2n) is 5.01. The summed E-state index contributed by atoms with van der Waals surface area (Å²) in [5.74, 6) is -0.246. The molecule has 1 saturated carbocycles. The monoisotopic (exact) mass is 326 g/mol. The van der Waals surface area contributed by atoms with Gasteiger partial charge in [0, 0.05) is 12.6 Å². The zero-order chi connectivity index (χ0) is 15.1. The standard InChI is InChI=1S/C14H19FN4S2/c15-11-7-5-10(6-8-11)9-16-13(20)18-19-14(21)17-12-3-1-2-4-12/h5-8,12H,1-4,9H2,(H2,16,18,20)(H2,17,19,21). The van der Waals surface area contributed by atoms with Gasteiger partial charge in [0.25, 0.3) is 0 Å². The molecule has 1 aliphatic rings. The van der Waals surface area contributed by atoms with Gasteiger partial charge in [-0.15, -0.1) is 0 Å². The summed E-state index contributed by atoms with van der Waals surface area (Å²) in [5.41, 5.74) is 6.64. The highest BCUT2D eigenvalue weighted by Gasteiger charge is 2.15. The van der Waals surface area contributed by atoms with Gasteiger partial charge in [-0.2, -0.15) is 0 Å². The predicted octanol–water partition coefficient (Wildman–Crippen LogP) is 2.11. The first kappa shape index (κ1) is 15.9. The van der Waals surface area contributed by atoms with Crippen molar-refractivity contribution in [3.63, 3.8) is 0 Å². The summed E-state index contributed by atoms with van der Waals surface area (Å²) in [7, 11) is 0. The van der Waals surface area contributed by atoms with Crippen LogP contribution in [0.1, 0.15) is 31.2 Å². The van der Waals surface area contributed by atoms with Crippen LogP contribution in [-0.2, 0) is 6.54 Å². The topological polar surface area (TPSA) is 48.1 Å². The fraction of sp³-hybridized carbons (Fsp3) is 0.429. The Labute approximate surface area is 134 Å². The Bertz CT molecular complexity index is 486. The number of rotatable bonds is 3. The van der Waals surface area contributed by atoms with Crippen LogP contribution >= 0.6 is 24.4 Å². The first-order chi connectivity index (χ1) is 10.1. The number of hydrogen-bond acceptors (Lipinski definition) is 2. The van der Waals surface area contributed by atoms with E-state index < -0.39 is 0 Å². The first-order valence-corrected chi connectivity index (χ1v) is 7.80. The van der Waals surface area contributed by atoms with Gasteiger partial charge in [-0.3, -0.25) is 10.9 Å². The molecule has 0 aliphatic heterocycles. The molecule has 21 heavy (non-hydrogen) atoms. The second kappa shape index (κ2) is 8.09. The molecule has 114 valence electrons. The molecule has 1 aromatic rings. The van der Waals surface area contributed by atoms with E-state index in [0.29, 0.717) is 22.8 Å². The molecule has 4 nitrogen and oxygen atoms in total. The van der Waals surface area contributed by atoms with E-state index in [2.05, 4.69) is 21.5 Å². The van der Waals surface area contributed by atoms with E-state index in [1.165, 1.54) is 25.0 Å². The normalized spacial score (nSPS) is 14.5. The van der Waals surface area contributed by atoms with Crippen LogP contribution in [0.3, 0.4) is 0 Å². The lowest BCUT2D eigenvalue weighted by Crippen LogP contribution is -2.51.